The van der Waals surface area contributed by atoms with Gasteiger partial charge in [0.15, 0.2) is 0 Å². The highest BCUT2D eigenvalue weighted by molar-refractivity contribution is 6.43. The number of halogens is 2. The molecule has 2 fully saturated rings. The molecule has 0 aliphatic carbocycles. The number of amides is 2. The highest BCUT2D eigenvalue weighted by Gasteiger charge is 2.42. The molecule has 1 aromatic carbocycles. The molecular formula is C26H39BF2N4O5. The first-order chi connectivity index (χ1) is 17.8. The minimum absolute atomic E-state index is 0.0139. The Bertz CT molecular complexity index is 922. The van der Waals surface area contributed by atoms with E-state index in [0.717, 1.165) is 5.56 Å². The summed E-state index contributed by atoms with van der Waals surface area (Å²) in [5.41, 5.74) is 0.643. The monoisotopic (exact) mass is 536 g/mol. The maximum absolute atomic E-state index is 12.8. The third kappa shape index (κ3) is 12.6. The van der Waals surface area contributed by atoms with Crippen molar-refractivity contribution in [2.45, 2.75) is 57.4 Å². The molecule has 12 heteroatoms. The Hall–Kier alpha value is -2.85. The topological polar surface area (TPSA) is 126 Å². The summed E-state index contributed by atoms with van der Waals surface area (Å²) in [7, 11) is -1.55. The Morgan fingerprint density at radius 2 is 1.87 bits per heavy atom. The Morgan fingerprint density at radius 1 is 1.26 bits per heavy atom. The summed E-state index contributed by atoms with van der Waals surface area (Å²) >= 11 is 0. The summed E-state index contributed by atoms with van der Waals surface area (Å²) in [5.74, 6) is -3.52. The van der Waals surface area contributed by atoms with Gasteiger partial charge in [-0.05, 0) is 25.8 Å². The van der Waals surface area contributed by atoms with Gasteiger partial charge in [0.25, 0.3) is 5.92 Å². The van der Waals surface area contributed by atoms with Crippen molar-refractivity contribution in [1.29, 1.82) is 5.26 Å². The fourth-order valence-corrected chi connectivity index (χ4v) is 3.71. The van der Waals surface area contributed by atoms with Gasteiger partial charge in [0.05, 0.1) is 31.8 Å². The number of hydrogen-bond donors (Lipinski definition) is 3. The lowest BCUT2D eigenvalue weighted by atomic mass is 9.76. The molecule has 1 unspecified atom stereocenters. The number of alkyl halides is 2. The summed E-state index contributed by atoms with van der Waals surface area (Å²) in [5, 5.41) is 28.9. The second kappa shape index (κ2) is 16.2. The number of nitrogens with one attached hydrogen (secondary N) is 1. The molecule has 2 saturated heterocycles. The van der Waals surface area contributed by atoms with E-state index in [1.165, 1.54) is 6.92 Å². The highest BCUT2D eigenvalue weighted by Crippen LogP contribution is 2.31. The van der Waals surface area contributed by atoms with E-state index in [4.69, 9.17) is 20.0 Å². The maximum atomic E-state index is 12.8. The first-order valence-electron chi connectivity index (χ1n) is 12.5. The largest absolute Gasteiger partial charge is 0.475 e. The zero-order valence-electron chi connectivity index (χ0n) is 22.4. The average Bonchev–Trinajstić information content (AvgIpc) is 3.26. The average molecular weight is 536 g/mol. The van der Waals surface area contributed by atoms with Crippen molar-refractivity contribution < 1.29 is 33.2 Å². The molecule has 3 N–H and O–H groups in total. The van der Waals surface area contributed by atoms with Crippen LogP contribution in [0.1, 0.15) is 39.2 Å². The number of morpholine rings is 1. The van der Waals surface area contributed by atoms with Crippen molar-refractivity contribution in [3.63, 3.8) is 0 Å². The molecular weight excluding hydrogens is 497 g/mol. The Kier molecular flexibility index (Phi) is 14.1. The fourth-order valence-electron chi connectivity index (χ4n) is 3.71. The molecule has 210 valence electrons. The van der Waals surface area contributed by atoms with Gasteiger partial charge in [0.2, 0.25) is 11.8 Å². The first-order valence-corrected chi connectivity index (χ1v) is 12.5. The number of nitrogens with zero attached hydrogens (tertiary/aromatic N) is 3. The quantitative estimate of drug-likeness (QED) is 0.359. The summed E-state index contributed by atoms with van der Waals surface area (Å²) in [4.78, 5) is 25.3. The van der Waals surface area contributed by atoms with Crippen LogP contribution in [0.15, 0.2) is 43.0 Å². The number of nitriles is 1. The third-order valence-corrected chi connectivity index (χ3v) is 6.13. The predicted molar refractivity (Wildman–Crippen MR) is 141 cm³/mol. The SMILES string of the molecule is C=CC(C)(C)N1CCC(F)(F)C1.CC(=O)NC(Cc1ccccc1)B(O)O.N#CCC(=O)N1CCOCC1. The minimum atomic E-state index is -2.50. The van der Waals surface area contributed by atoms with E-state index in [-0.39, 0.29) is 36.7 Å². The molecule has 3 rings (SSSR count). The molecule has 2 heterocycles. The zero-order chi connectivity index (χ0) is 28.8. The summed E-state index contributed by atoms with van der Waals surface area (Å²) in [6, 6.07) is 11.2. The number of ether oxygens (including phenoxy) is 1. The molecule has 0 bridgehead atoms. The molecule has 1 atom stereocenters. The molecule has 2 aliphatic heterocycles. The maximum Gasteiger partial charge on any atom is 0.475 e. The van der Waals surface area contributed by atoms with E-state index in [1.54, 1.807) is 15.9 Å². The van der Waals surface area contributed by atoms with E-state index in [2.05, 4.69) is 11.9 Å². The van der Waals surface area contributed by atoms with Crippen LogP contribution in [0.25, 0.3) is 0 Å². The zero-order valence-corrected chi connectivity index (χ0v) is 22.4. The molecule has 0 radical (unpaired) electrons. The lowest BCUT2D eigenvalue weighted by molar-refractivity contribution is -0.134. The van der Waals surface area contributed by atoms with Crippen LogP contribution in [-0.4, -0.2) is 95.6 Å². The number of likely N-dealkylation sites (tertiary alicyclic amines) is 1. The van der Waals surface area contributed by atoms with Gasteiger partial charge in [0, 0.05) is 38.5 Å². The van der Waals surface area contributed by atoms with E-state index in [9.17, 15) is 18.4 Å². The van der Waals surface area contributed by atoms with Gasteiger partial charge in [-0.2, -0.15) is 5.26 Å². The molecule has 38 heavy (non-hydrogen) atoms. The van der Waals surface area contributed by atoms with Gasteiger partial charge >= 0.3 is 7.12 Å². The van der Waals surface area contributed by atoms with Crippen molar-refractivity contribution in [3.8, 4) is 6.07 Å². The van der Waals surface area contributed by atoms with Crippen LogP contribution in [0, 0.1) is 11.3 Å². The lowest BCUT2D eigenvalue weighted by Gasteiger charge is -2.32. The van der Waals surface area contributed by atoms with Crippen molar-refractivity contribution in [1.82, 2.24) is 15.1 Å². The fraction of sp³-hybridized carbons (Fsp3) is 0.577. The van der Waals surface area contributed by atoms with Crippen LogP contribution in [0.3, 0.4) is 0 Å². The normalized spacial score (nSPS) is 17.5. The van der Waals surface area contributed by atoms with Crippen molar-refractivity contribution in [3.05, 3.63) is 48.6 Å². The van der Waals surface area contributed by atoms with E-state index in [1.807, 2.05) is 50.2 Å². The van der Waals surface area contributed by atoms with Gasteiger partial charge in [-0.3, -0.25) is 14.5 Å². The smallest absolute Gasteiger partial charge is 0.426 e. The van der Waals surface area contributed by atoms with Crippen molar-refractivity contribution in [2.24, 2.45) is 0 Å². The predicted octanol–water partition coefficient (Wildman–Crippen LogP) is 1.80. The number of carbonyl (C=O) groups excluding carboxylic acids is 2. The van der Waals surface area contributed by atoms with Crippen molar-refractivity contribution in [2.75, 3.05) is 39.4 Å². The molecule has 0 spiro atoms. The second-order valence-corrected chi connectivity index (χ2v) is 9.62. The molecule has 0 saturated carbocycles. The molecule has 2 aliphatic rings. The number of rotatable bonds is 7. The van der Waals surface area contributed by atoms with Crippen LogP contribution in [0.2, 0.25) is 0 Å². The van der Waals surface area contributed by atoms with Gasteiger partial charge in [-0.25, -0.2) is 8.78 Å². The summed E-state index contributed by atoms with van der Waals surface area (Å²) in [6.45, 7) is 11.6. The van der Waals surface area contributed by atoms with Gasteiger partial charge in [-0.1, -0.05) is 36.4 Å². The number of hydrogen-bond acceptors (Lipinski definition) is 7. The molecule has 1 aromatic rings. The molecule has 2 amide bonds. The van der Waals surface area contributed by atoms with Gasteiger partial charge in [-0.15, -0.1) is 6.58 Å². The van der Waals surface area contributed by atoms with Crippen LogP contribution >= 0.6 is 0 Å². The van der Waals surface area contributed by atoms with E-state index in [0.29, 0.717) is 39.3 Å². The number of carbonyl (C=O) groups is 2. The minimum Gasteiger partial charge on any atom is -0.426 e. The van der Waals surface area contributed by atoms with Gasteiger partial charge < -0.3 is 25.0 Å². The van der Waals surface area contributed by atoms with Crippen LogP contribution in [0.4, 0.5) is 8.78 Å². The van der Waals surface area contributed by atoms with E-state index < -0.39 is 19.0 Å². The Balaban J connectivity index is 0.000000289. The lowest BCUT2D eigenvalue weighted by Crippen LogP contribution is -2.47. The second-order valence-electron chi connectivity index (χ2n) is 9.62. The Labute approximate surface area is 224 Å². The van der Waals surface area contributed by atoms with Crippen LogP contribution < -0.4 is 5.32 Å². The molecule has 0 aromatic heterocycles. The third-order valence-electron chi connectivity index (χ3n) is 6.13. The van der Waals surface area contributed by atoms with Crippen LogP contribution in [0.5, 0.6) is 0 Å². The first kappa shape index (κ1) is 33.2. The summed E-state index contributed by atoms with van der Waals surface area (Å²) < 4.78 is 30.6. The standard InChI is InChI=1S/C10H14BNO3.C9H15F2N.C7H10N2O2/c1-8(13)12-10(11(14)15)7-9-5-3-2-4-6-9;1-4-8(2,3)12-6-5-9(10,11)7-12;8-2-1-7(10)9-3-5-11-6-4-9/h2-6,10,14-15H,7H2,1H3,(H,12,13);4H,1,5-7H2,2-3H3;1,3-6H2. The van der Waals surface area contributed by atoms with Gasteiger partial charge in [0.1, 0.15) is 6.42 Å². The summed E-state index contributed by atoms with van der Waals surface area (Å²) in [6.07, 6.45) is 2.08. The van der Waals surface area contributed by atoms with Crippen molar-refractivity contribution >= 4 is 18.9 Å². The highest BCUT2D eigenvalue weighted by atomic mass is 19.3. The Morgan fingerprint density at radius 3 is 2.32 bits per heavy atom. The van der Waals surface area contributed by atoms with Crippen LogP contribution in [-0.2, 0) is 20.7 Å². The van der Waals surface area contributed by atoms with E-state index >= 15 is 0 Å². The number of benzene rings is 1. The molecule has 9 nitrogen and oxygen atoms in total.